The molecule has 2 rings (SSSR count). The molecule has 2 aromatic rings. The van der Waals surface area contributed by atoms with E-state index in [1.54, 1.807) is 24.1 Å². The number of alkyl halides is 3. The second-order valence-electron chi connectivity index (χ2n) is 5.01. The van der Waals surface area contributed by atoms with Crippen molar-refractivity contribution in [3.8, 4) is 5.75 Å². The van der Waals surface area contributed by atoms with Gasteiger partial charge in [0.05, 0.1) is 17.3 Å². The molecule has 5 nitrogen and oxygen atoms in total. The fourth-order valence-corrected chi connectivity index (χ4v) is 2.00. The first-order chi connectivity index (χ1) is 11.3. The second-order valence-corrected chi connectivity index (χ2v) is 5.01. The van der Waals surface area contributed by atoms with Gasteiger partial charge in [-0.3, -0.25) is 9.48 Å². The molecule has 0 aliphatic carbocycles. The van der Waals surface area contributed by atoms with E-state index in [-0.39, 0.29) is 24.5 Å². The Morgan fingerprint density at radius 1 is 1.46 bits per heavy atom. The van der Waals surface area contributed by atoms with Gasteiger partial charge in [-0.05, 0) is 18.2 Å². The third-order valence-electron chi connectivity index (χ3n) is 3.12. The molecule has 128 valence electrons. The molecule has 1 aromatic carbocycles. The number of amides is 1. The minimum absolute atomic E-state index is 0.0617. The Kier molecular flexibility index (Phi) is 5.28. The van der Waals surface area contributed by atoms with Crippen molar-refractivity contribution in [3.63, 3.8) is 0 Å². The number of carbonyl (C=O) groups is 1. The van der Waals surface area contributed by atoms with E-state index in [9.17, 15) is 18.0 Å². The lowest BCUT2D eigenvalue weighted by Crippen LogP contribution is -2.24. The Bertz CT molecular complexity index is 738. The van der Waals surface area contributed by atoms with E-state index in [2.05, 4.69) is 17.0 Å². The molecule has 1 amide bonds. The molecule has 0 bridgehead atoms. The number of hydrogen-bond acceptors (Lipinski definition) is 3. The minimum Gasteiger partial charge on any atom is -0.489 e. The molecular weight excluding hydrogens is 323 g/mol. The molecule has 0 aliphatic heterocycles. The maximum Gasteiger partial charge on any atom is 0.416 e. The standard InChI is InChI=1S/C16H16F3N3O2/c1-3-6-24-14-5-4-12(16(17,18)19)7-13(14)15(23)20-8-11-9-21-22(2)10-11/h3-5,7,9-10H,1,6,8H2,2H3,(H,20,23). The van der Waals surface area contributed by atoms with Crippen LogP contribution in [0.5, 0.6) is 5.75 Å². The number of rotatable bonds is 6. The van der Waals surface area contributed by atoms with E-state index in [1.807, 2.05) is 0 Å². The summed E-state index contributed by atoms with van der Waals surface area (Å²) in [6.45, 7) is 3.69. The van der Waals surface area contributed by atoms with Gasteiger partial charge < -0.3 is 10.1 Å². The Morgan fingerprint density at radius 2 is 2.21 bits per heavy atom. The number of ether oxygens (including phenoxy) is 1. The smallest absolute Gasteiger partial charge is 0.416 e. The first kappa shape index (κ1) is 17.6. The van der Waals surface area contributed by atoms with E-state index < -0.39 is 17.6 Å². The summed E-state index contributed by atoms with van der Waals surface area (Å²) in [5, 5.41) is 6.51. The van der Waals surface area contributed by atoms with Gasteiger partial charge in [0.1, 0.15) is 12.4 Å². The van der Waals surface area contributed by atoms with Gasteiger partial charge in [0.15, 0.2) is 0 Å². The highest BCUT2D eigenvalue weighted by Crippen LogP contribution is 2.32. The van der Waals surface area contributed by atoms with Crippen LogP contribution < -0.4 is 10.1 Å². The molecular formula is C16H16F3N3O2. The van der Waals surface area contributed by atoms with Crippen molar-refractivity contribution in [1.82, 2.24) is 15.1 Å². The Balaban J connectivity index is 2.22. The van der Waals surface area contributed by atoms with Crippen molar-refractivity contribution in [3.05, 3.63) is 59.9 Å². The van der Waals surface area contributed by atoms with Crippen LogP contribution in [0.15, 0.2) is 43.2 Å². The number of nitrogens with one attached hydrogen (secondary N) is 1. The first-order valence-electron chi connectivity index (χ1n) is 7.02. The maximum atomic E-state index is 12.9. The number of hydrogen-bond donors (Lipinski definition) is 1. The maximum absolute atomic E-state index is 12.9. The highest BCUT2D eigenvalue weighted by atomic mass is 19.4. The van der Waals surface area contributed by atoms with Crippen molar-refractivity contribution in [2.75, 3.05) is 6.61 Å². The first-order valence-corrected chi connectivity index (χ1v) is 7.02. The Labute approximate surface area is 136 Å². The summed E-state index contributed by atoms with van der Waals surface area (Å²) in [6.07, 6.45) is 0.146. The highest BCUT2D eigenvalue weighted by Gasteiger charge is 2.32. The van der Waals surface area contributed by atoms with Crippen LogP contribution in [0.25, 0.3) is 0 Å². The topological polar surface area (TPSA) is 56.1 Å². The predicted octanol–water partition coefficient (Wildman–Crippen LogP) is 2.93. The van der Waals surface area contributed by atoms with Gasteiger partial charge in [-0.25, -0.2) is 0 Å². The second kappa shape index (κ2) is 7.20. The molecule has 8 heteroatoms. The highest BCUT2D eigenvalue weighted by molar-refractivity contribution is 5.97. The molecule has 0 fully saturated rings. The quantitative estimate of drug-likeness (QED) is 0.824. The Morgan fingerprint density at radius 3 is 2.79 bits per heavy atom. The summed E-state index contributed by atoms with van der Waals surface area (Å²) in [6, 6.07) is 2.78. The lowest BCUT2D eigenvalue weighted by Gasteiger charge is -2.13. The average Bonchev–Trinajstić information content (AvgIpc) is 2.95. The number of carbonyl (C=O) groups excluding carboxylic acids is 1. The van der Waals surface area contributed by atoms with Crippen molar-refractivity contribution >= 4 is 5.91 Å². The van der Waals surface area contributed by atoms with E-state index in [0.717, 1.165) is 23.8 Å². The van der Waals surface area contributed by atoms with Gasteiger partial charge >= 0.3 is 6.18 Å². The molecule has 0 radical (unpaired) electrons. The molecule has 1 heterocycles. The zero-order valence-corrected chi connectivity index (χ0v) is 12.9. The van der Waals surface area contributed by atoms with Gasteiger partial charge in [-0.1, -0.05) is 12.7 Å². The zero-order valence-electron chi connectivity index (χ0n) is 12.9. The normalized spacial score (nSPS) is 11.2. The third kappa shape index (κ3) is 4.37. The molecule has 24 heavy (non-hydrogen) atoms. The SMILES string of the molecule is C=CCOc1ccc(C(F)(F)F)cc1C(=O)NCc1cnn(C)c1. The average molecular weight is 339 g/mol. The van der Waals surface area contributed by atoms with Crippen LogP contribution >= 0.6 is 0 Å². The van der Waals surface area contributed by atoms with Crippen LogP contribution in [0.1, 0.15) is 21.5 Å². The Hall–Kier alpha value is -2.77. The van der Waals surface area contributed by atoms with Crippen LogP contribution in [0.3, 0.4) is 0 Å². The molecule has 0 saturated heterocycles. The monoisotopic (exact) mass is 339 g/mol. The molecule has 0 atom stereocenters. The summed E-state index contributed by atoms with van der Waals surface area (Å²) in [5.74, 6) is -0.601. The van der Waals surface area contributed by atoms with Gasteiger partial charge in [-0.2, -0.15) is 18.3 Å². The van der Waals surface area contributed by atoms with Crippen LogP contribution in [0.4, 0.5) is 13.2 Å². The number of aryl methyl sites for hydroxylation is 1. The zero-order chi connectivity index (χ0) is 17.7. The van der Waals surface area contributed by atoms with Crippen molar-refractivity contribution in [2.45, 2.75) is 12.7 Å². The van der Waals surface area contributed by atoms with E-state index in [4.69, 9.17) is 4.74 Å². The summed E-state index contributed by atoms with van der Waals surface area (Å²) in [4.78, 5) is 12.3. The van der Waals surface area contributed by atoms with E-state index in [0.29, 0.717) is 0 Å². The van der Waals surface area contributed by atoms with Crippen LogP contribution in [0.2, 0.25) is 0 Å². The van der Waals surface area contributed by atoms with Gasteiger partial charge in [0, 0.05) is 25.4 Å². The van der Waals surface area contributed by atoms with Crippen LogP contribution in [-0.2, 0) is 19.8 Å². The summed E-state index contributed by atoms with van der Waals surface area (Å²) >= 11 is 0. The van der Waals surface area contributed by atoms with Crippen LogP contribution in [-0.4, -0.2) is 22.3 Å². The third-order valence-corrected chi connectivity index (χ3v) is 3.12. The number of halogens is 3. The molecule has 0 spiro atoms. The molecule has 0 saturated carbocycles. The number of aromatic nitrogens is 2. The van der Waals surface area contributed by atoms with Gasteiger partial charge in [0.2, 0.25) is 0 Å². The fourth-order valence-electron chi connectivity index (χ4n) is 2.00. The number of benzene rings is 1. The van der Waals surface area contributed by atoms with Gasteiger partial charge in [-0.15, -0.1) is 0 Å². The molecule has 1 N–H and O–H groups in total. The van der Waals surface area contributed by atoms with Crippen molar-refractivity contribution < 1.29 is 22.7 Å². The number of nitrogens with zero attached hydrogens (tertiary/aromatic N) is 2. The summed E-state index contributed by atoms with van der Waals surface area (Å²) in [7, 11) is 1.72. The minimum atomic E-state index is -4.55. The van der Waals surface area contributed by atoms with Crippen LogP contribution in [0, 0.1) is 0 Å². The van der Waals surface area contributed by atoms with E-state index in [1.165, 1.54) is 6.08 Å². The van der Waals surface area contributed by atoms with Crippen molar-refractivity contribution in [2.24, 2.45) is 7.05 Å². The summed E-state index contributed by atoms with van der Waals surface area (Å²) < 4.78 is 45.4. The molecule has 0 unspecified atom stereocenters. The lowest BCUT2D eigenvalue weighted by atomic mass is 10.1. The van der Waals surface area contributed by atoms with Gasteiger partial charge in [0.25, 0.3) is 5.91 Å². The fraction of sp³-hybridized carbons (Fsp3) is 0.250. The van der Waals surface area contributed by atoms with E-state index >= 15 is 0 Å². The van der Waals surface area contributed by atoms with Crippen molar-refractivity contribution in [1.29, 1.82) is 0 Å². The predicted molar refractivity (Wildman–Crippen MR) is 81.5 cm³/mol. The molecule has 0 aliphatic rings. The summed E-state index contributed by atoms with van der Waals surface area (Å²) in [5.41, 5.74) is -0.373. The largest absolute Gasteiger partial charge is 0.489 e. The lowest BCUT2D eigenvalue weighted by molar-refractivity contribution is -0.137. The molecule has 1 aromatic heterocycles.